The summed E-state index contributed by atoms with van der Waals surface area (Å²) >= 11 is 0. The van der Waals surface area contributed by atoms with Crippen molar-refractivity contribution in [2.45, 2.75) is 65.1 Å². The second-order valence-corrected chi connectivity index (χ2v) is 7.66. The zero-order valence-electron chi connectivity index (χ0n) is 15.3. The molecule has 0 aliphatic carbocycles. The number of fused-ring (bicyclic) bond motifs is 1. The Balaban J connectivity index is 1.68. The molecule has 25 heavy (non-hydrogen) atoms. The van der Waals surface area contributed by atoms with Gasteiger partial charge in [-0.1, -0.05) is 13.8 Å². The maximum absolute atomic E-state index is 12.4. The third kappa shape index (κ3) is 3.86. The quantitative estimate of drug-likeness (QED) is 0.839. The minimum atomic E-state index is -0.424. The summed E-state index contributed by atoms with van der Waals surface area (Å²) < 4.78 is 12.5. The van der Waals surface area contributed by atoms with Crippen LogP contribution in [0.5, 0.6) is 0 Å². The van der Waals surface area contributed by atoms with E-state index < -0.39 is 6.10 Å². The minimum absolute atomic E-state index is 0.123. The van der Waals surface area contributed by atoms with Gasteiger partial charge in [-0.25, -0.2) is 4.79 Å². The highest BCUT2D eigenvalue weighted by Gasteiger charge is 2.32. The fourth-order valence-electron chi connectivity index (χ4n) is 3.50. The number of methoxy groups -OCH3 is 1. The molecule has 0 saturated carbocycles. The highest BCUT2D eigenvalue weighted by molar-refractivity contribution is 5.92. The molecule has 2 aliphatic heterocycles. The Morgan fingerprint density at radius 2 is 2.20 bits per heavy atom. The van der Waals surface area contributed by atoms with Crippen LogP contribution in [-0.4, -0.2) is 41.5 Å². The number of nitrogens with one attached hydrogen (secondary N) is 1. The van der Waals surface area contributed by atoms with Crippen molar-refractivity contribution < 1.29 is 19.1 Å². The normalized spacial score (nSPS) is 22.1. The lowest BCUT2D eigenvalue weighted by molar-refractivity contribution is -0.140. The van der Waals surface area contributed by atoms with E-state index in [2.05, 4.69) is 24.3 Å². The molecule has 1 atom stereocenters. The molecular formula is C18H27N3O4. The molecule has 138 valence electrons. The van der Waals surface area contributed by atoms with Crippen LogP contribution in [-0.2, 0) is 33.8 Å². The smallest absolute Gasteiger partial charge is 0.341 e. The van der Waals surface area contributed by atoms with Gasteiger partial charge in [-0.3, -0.25) is 9.48 Å². The van der Waals surface area contributed by atoms with Gasteiger partial charge in [0.1, 0.15) is 11.7 Å². The van der Waals surface area contributed by atoms with Gasteiger partial charge >= 0.3 is 5.97 Å². The number of carbonyl (C=O) groups excluding carboxylic acids is 2. The summed E-state index contributed by atoms with van der Waals surface area (Å²) in [4.78, 5) is 24.6. The highest BCUT2D eigenvalue weighted by Crippen LogP contribution is 2.30. The molecule has 1 N–H and O–H groups in total. The maximum atomic E-state index is 12.4. The maximum Gasteiger partial charge on any atom is 0.341 e. The Hall–Kier alpha value is -1.89. The Bertz CT molecular complexity index is 656. The first kappa shape index (κ1) is 17.9. The van der Waals surface area contributed by atoms with Crippen molar-refractivity contribution in [2.75, 3.05) is 13.7 Å². The van der Waals surface area contributed by atoms with Crippen molar-refractivity contribution in [2.24, 2.45) is 5.41 Å². The number of ether oxygens (including phenoxy) is 2. The van der Waals surface area contributed by atoms with Gasteiger partial charge in [0.05, 0.1) is 31.6 Å². The summed E-state index contributed by atoms with van der Waals surface area (Å²) in [6.45, 7) is 5.87. The van der Waals surface area contributed by atoms with Crippen molar-refractivity contribution >= 4 is 11.9 Å². The number of esters is 1. The Labute approximate surface area is 148 Å². The van der Waals surface area contributed by atoms with Gasteiger partial charge < -0.3 is 14.8 Å². The van der Waals surface area contributed by atoms with Crippen LogP contribution in [0.4, 0.5) is 0 Å². The largest absolute Gasteiger partial charge is 0.465 e. The third-order valence-corrected chi connectivity index (χ3v) is 5.03. The number of aromatic nitrogens is 2. The molecule has 1 fully saturated rings. The average molecular weight is 349 g/mol. The summed E-state index contributed by atoms with van der Waals surface area (Å²) in [5.74, 6) is -0.527. The van der Waals surface area contributed by atoms with Gasteiger partial charge in [-0.2, -0.15) is 5.10 Å². The summed E-state index contributed by atoms with van der Waals surface area (Å²) in [5.41, 5.74) is 2.12. The topological polar surface area (TPSA) is 82.4 Å². The molecular weight excluding hydrogens is 322 g/mol. The lowest BCUT2D eigenvalue weighted by Crippen LogP contribution is -2.42. The summed E-state index contributed by atoms with van der Waals surface area (Å²) in [6.07, 6.45) is 4.14. The molecule has 7 nitrogen and oxygen atoms in total. The van der Waals surface area contributed by atoms with Crippen LogP contribution in [0.1, 0.15) is 61.3 Å². The van der Waals surface area contributed by atoms with Crippen molar-refractivity contribution in [3.63, 3.8) is 0 Å². The first-order valence-corrected chi connectivity index (χ1v) is 8.97. The second kappa shape index (κ2) is 7.15. The van der Waals surface area contributed by atoms with Gasteiger partial charge in [-0.15, -0.1) is 0 Å². The molecule has 1 amide bonds. The van der Waals surface area contributed by atoms with Crippen LogP contribution < -0.4 is 5.32 Å². The number of aryl methyl sites for hydroxylation is 1. The SMILES string of the molecule is COC(=O)c1c(CNC(=O)C2CCC(C)(C)CO2)nn2c1CCCC2. The predicted molar refractivity (Wildman–Crippen MR) is 91.1 cm³/mol. The Kier molecular flexibility index (Phi) is 5.13. The van der Waals surface area contributed by atoms with Crippen LogP contribution in [0.25, 0.3) is 0 Å². The van der Waals surface area contributed by atoms with Crippen molar-refractivity contribution in [3.8, 4) is 0 Å². The zero-order chi connectivity index (χ0) is 18.0. The zero-order valence-corrected chi connectivity index (χ0v) is 15.3. The van der Waals surface area contributed by atoms with Gasteiger partial charge in [0.2, 0.25) is 5.91 Å². The molecule has 0 aromatic carbocycles. The minimum Gasteiger partial charge on any atom is -0.465 e. The van der Waals surface area contributed by atoms with Crippen LogP contribution >= 0.6 is 0 Å². The Morgan fingerprint density at radius 1 is 1.40 bits per heavy atom. The molecule has 1 saturated heterocycles. The number of hydrogen-bond acceptors (Lipinski definition) is 5. The number of hydrogen-bond donors (Lipinski definition) is 1. The van der Waals surface area contributed by atoms with Crippen molar-refractivity contribution in [1.82, 2.24) is 15.1 Å². The molecule has 3 heterocycles. The third-order valence-electron chi connectivity index (χ3n) is 5.03. The van der Waals surface area contributed by atoms with E-state index in [1.165, 1.54) is 7.11 Å². The van der Waals surface area contributed by atoms with E-state index in [4.69, 9.17) is 9.47 Å². The first-order valence-electron chi connectivity index (χ1n) is 8.97. The van der Waals surface area contributed by atoms with E-state index in [0.717, 1.165) is 37.9 Å². The molecule has 0 spiro atoms. The summed E-state index contributed by atoms with van der Waals surface area (Å²) in [5, 5.41) is 7.40. The van der Waals surface area contributed by atoms with Gasteiger partial charge in [0.25, 0.3) is 0 Å². The molecule has 1 unspecified atom stereocenters. The predicted octanol–water partition coefficient (Wildman–Crippen LogP) is 1.83. The van der Waals surface area contributed by atoms with Crippen LogP contribution in [0.2, 0.25) is 0 Å². The molecule has 1 aromatic heterocycles. The van der Waals surface area contributed by atoms with Crippen molar-refractivity contribution in [1.29, 1.82) is 0 Å². The number of amides is 1. The summed E-state index contributed by atoms with van der Waals surface area (Å²) in [6, 6.07) is 0. The standard InChI is InChI=1S/C18H27N3O4/c1-18(2)8-7-14(25-11-18)16(22)19-10-12-15(17(23)24-3)13-6-4-5-9-21(13)20-12/h14H,4-11H2,1-3H3,(H,19,22). The molecule has 1 aromatic rings. The highest BCUT2D eigenvalue weighted by atomic mass is 16.5. The van der Waals surface area contributed by atoms with E-state index in [1.54, 1.807) is 0 Å². The fourth-order valence-corrected chi connectivity index (χ4v) is 3.50. The summed E-state index contributed by atoms with van der Waals surface area (Å²) in [7, 11) is 1.37. The molecule has 3 rings (SSSR count). The fraction of sp³-hybridized carbons (Fsp3) is 0.722. The van der Waals surface area contributed by atoms with E-state index >= 15 is 0 Å². The Morgan fingerprint density at radius 3 is 2.88 bits per heavy atom. The molecule has 2 aliphatic rings. The van der Waals surface area contributed by atoms with Gasteiger partial charge in [0.15, 0.2) is 0 Å². The first-order chi connectivity index (χ1) is 11.9. The van der Waals surface area contributed by atoms with Crippen LogP contribution in [0, 0.1) is 5.41 Å². The van der Waals surface area contributed by atoms with E-state index in [9.17, 15) is 9.59 Å². The monoisotopic (exact) mass is 349 g/mol. The van der Waals surface area contributed by atoms with E-state index in [-0.39, 0.29) is 23.8 Å². The van der Waals surface area contributed by atoms with Gasteiger partial charge in [0, 0.05) is 6.54 Å². The second-order valence-electron chi connectivity index (χ2n) is 7.66. The van der Waals surface area contributed by atoms with Gasteiger partial charge in [-0.05, 0) is 37.5 Å². The number of rotatable bonds is 4. The number of carbonyl (C=O) groups is 2. The lowest BCUT2D eigenvalue weighted by atomic mass is 9.85. The molecule has 7 heteroatoms. The number of nitrogens with zero attached hydrogens (tertiary/aromatic N) is 2. The molecule has 0 bridgehead atoms. The van der Waals surface area contributed by atoms with Crippen LogP contribution in [0.15, 0.2) is 0 Å². The van der Waals surface area contributed by atoms with E-state index in [1.807, 2.05) is 4.68 Å². The lowest BCUT2D eigenvalue weighted by Gasteiger charge is -2.33. The van der Waals surface area contributed by atoms with Crippen LogP contribution in [0.3, 0.4) is 0 Å². The van der Waals surface area contributed by atoms with Crippen molar-refractivity contribution in [3.05, 3.63) is 17.0 Å². The molecule has 0 radical (unpaired) electrons. The van der Waals surface area contributed by atoms with E-state index in [0.29, 0.717) is 24.3 Å². The average Bonchev–Trinajstić information content (AvgIpc) is 2.97.